The molecule has 2 rings (SSSR count). The predicted octanol–water partition coefficient (Wildman–Crippen LogP) is 3.48. The van der Waals surface area contributed by atoms with Crippen molar-refractivity contribution in [1.82, 2.24) is 4.90 Å². The highest BCUT2D eigenvalue weighted by molar-refractivity contribution is 5.96. The molecule has 2 aliphatic heterocycles. The summed E-state index contributed by atoms with van der Waals surface area (Å²) >= 11 is 0. The molecule has 0 N–H and O–H groups in total. The van der Waals surface area contributed by atoms with Crippen molar-refractivity contribution >= 4 is 12.0 Å². The normalized spacial score (nSPS) is 23.4. The Morgan fingerprint density at radius 2 is 2.33 bits per heavy atom. The van der Waals surface area contributed by atoms with E-state index in [4.69, 9.17) is 9.47 Å². The summed E-state index contributed by atoms with van der Waals surface area (Å²) in [5, 5.41) is 0. The summed E-state index contributed by atoms with van der Waals surface area (Å²) in [5.74, 6) is 0.887. The van der Waals surface area contributed by atoms with Gasteiger partial charge in [-0.25, -0.2) is 9.79 Å². The number of ether oxygens (including phenoxy) is 2. The second-order valence-electron chi connectivity index (χ2n) is 6.07. The molecule has 5 nitrogen and oxygen atoms in total. The van der Waals surface area contributed by atoms with Crippen LogP contribution in [0.5, 0.6) is 0 Å². The van der Waals surface area contributed by atoms with Gasteiger partial charge in [-0.2, -0.15) is 0 Å². The van der Waals surface area contributed by atoms with E-state index in [-0.39, 0.29) is 11.5 Å². The highest BCUT2D eigenvalue weighted by Crippen LogP contribution is 2.30. The second-order valence-corrected chi connectivity index (χ2v) is 6.07. The van der Waals surface area contributed by atoms with Gasteiger partial charge in [-0.3, -0.25) is 4.90 Å². The van der Waals surface area contributed by atoms with Crippen molar-refractivity contribution in [3.63, 3.8) is 0 Å². The van der Waals surface area contributed by atoms with E-state index >= 15 is 0 Å². The van der Waals surface area contributed by atoms with E-state index < -0.39 is 6.09 Å². The molecule has 0 fully saturated rings. The monoisotopic (exact) mass is 292 g/mol. The molecule has 1 amide bonds. The van der Waals surface area contributed by atoms with Crippen molar-refractivity contribution in [2.45, 2.75) is 45.6 Å². The molecule has 0 saturated carbocycles. The van der Waals surface area contributed by atoms with Crippen LogP contribution in [0.15, 0.2) is 29.0 Å². The zero-order chi connectivity index (χ0) is 15.5. The van der Waals surface area contributed by atoms with Gasteiger partial charge in [0, 0.05) is 23.9 Å². The van der Waals surface area contributed by atoms with E-state index in [0.29, 0.717) is 12.5 Å². The molecule has 0 aromatic rings. The maximum Gasteiger partial charge on any atom is 0.417 e. The van der Waals surface area contributed by atoms with E-state index in [1.54, 1.807) is 12.4 Å². The summed E-state index contributed by atoms with van der Waals surface area (Å²) in [6, 6.07) is 0. The van der Waals surface area contributed by atoms with Crippen LogP contribution in [0.1, 0.15) is 40.0 Å². The molecule has 116 valence electrons. The summed E-state index contributed by atoms with van der Waals surface area (Å²) in [5.41, 5.74) is 0.754. The smallest absolute Gasteiger partial charge is 0.417 e. The first kappa shape index (κ1) is 15.6. The van der Waals surface area contributed by atoms with Crippen LogP contribution in [0, 0.1) is 5.92 Å². The molecule has 0 spiro atoms. The Balaban J connectivity index is 2.25. The molecule has 0 bridgehead atoms. The Morgan fingerprint density at radius 1 is 1.57 bits per heavy atom. The van der Waals surface area contributed by atoms with Gasteiger partial charge in [0.25, 0.3) is 0 Å². The maximum absolute atomic E-state index is 11.7. The fraction of sp³-hybridized carbons (Fsp3) is 0.625. The van der Waals surface area contributed by atoms with Crippen LogP contribution in [-0.2, 0) is 9.47 Å². The fourth-order valence-corrected chi connectivity index (χ4v) is 2.43. The van der Waals surface area contributed by atoms with Crippen LogP contribution in [-0.4, -0.2) is 36.1 Å². The lowest BCUT2D eigenvalue weighted by molar-refractivity contribution is 0.150. The minimum atomic E-state index is -0.407. The first-order valence-corrected chi connectivity index (χ1v) is 7.46. The average Bonchev–Trinajstić information content (AvgIpc) is 2.84. The number of amides is 1. The molecule has 0 saturated heterocycles. The highest BCUT2D eigenvalue weighted by atomic mass is 16.5. The van der Waals surface area contributed by atoms with Crippen LogP contribution in [0.25, 0.3) is 0 Å². The van der Waals surface area contributed by atoms with Crippen molar-refractivity contribution in [3.8, 4) is 0 Å². The summed E-state index contributed by atoms with van der Waals surface area (Å²) in [6.45, 7) is 6.82. The number of rotatable bonds is 4. The molecule has 0 radical (unpaired) electrons. The number of hydrogen-bond acceptors (Lipinski definition) is 4. The average molecular weight is 292 g/mol. The van der Waals surface area contributed by atoms with Crippen molar-refractivity contribution < 1.29 is 14.3 Å². The molecule has 0 aromatic heterocycles. The minimum absolute atomic E-state index is 0.206. The van der Waals surface area contributed by atoms with E-state index in [1.165, 1.54) is 12.0 Å². The molecule has 0 aliphatic carbocycles. The number of nitrogens with zero attached hydrogens (tertiary/aromatic N) is 2. The van der Waals surface area contributed by atoms with Crippen molar-refractivity contribution in [1.29, 1.82) is 0 Å². The lowest BCUT2D eigenvalue weighted by Gasteiger charge is -2.24. The van der Waals surface area contributed by atoms with Gasteiger partial charge in [0.05, 0.1) is 12.6 Å². The number of carbonyl (C=O) groups excluding carboxylic acids is 1. The lowest BCUT2D eigenvalue weighted by Crippen LogP contribution is -2.27. The van der Waals surface area contributed by atoms with Crippen LogP contribution in [0.2, 0.25) is 0 Å². The molecule has 0 aromatic carbocycles. The Bertz CT molecular complexity index is 492. The molecule has 1 unspecified atom stereocenters. The van der Waals surface area contributed by atoms with E-state index in [1.807, 2.05) is 19.9 Å². The predicted molar refractivity (Wildman–Crippen MR) is 81.9 cm³/mol. The van der Waals surface area contributed by atoms with Gasteiger partial charge in [0.15, 0.2) is 0 Å². The number of carbonyl (C=O) groups is 1. The molecular formula is C16H24N2O3. The van der Waals surface area contributed by atoms with Crippen LogP contribution in [0.4, 0.5) is 4.79 Å². The third-order valence-electron chi connectivity index (χ3n) is 3.62. The Kier molecular flexibility index (Phi) is 4.70. The van der Waals surface area contributed by atoms with Gasteiger partial charge in [0.2, 0.25) is 5.90 Å². The van der Waals surface area contributed by atoms with E-state index in [2.05, 4.69) is 11.9 Å². The summed E-state index contributed by atoms with van der Waals surface area (Å²) in [6.07, 6.45) is 8.45. The fourth-order valence-electron chi connectivity index (χ4n) is 2.43. The Labute approximate surface area is 126 Å². The summed E-state index contributed by atoms with van der Waals surface area (Å²) in [4.78, 5) is 17.8. The largest absolute Gasteiger partial charge is 0.475 e. The lowest BCUT2D eigenvalue weighted by atomic mass is 9.92. The van der Waals surface area contributed by atoms with E-state index in [0.717, 1.165) is 24.8 Å². The number of aliphatic imine (C=N–C) groups is 1. The first-order chi connectivity index (χ1) is 9.96. The van der Waals surface area contributed by atoms with Gasteiger partial charge >= 0.3 is 6.09 Å². The second kappa shape index (κ2) is 6.33. The summed E-state index contributed by atoms with van der Waals surface area (Å²) < 4.78 is 10.5. The standard InChI is InChI=1S/C16H24N2O3/c1-5-6-7-12-8-9-18(15(19)20-4)10-13(12)14-17-16(2,3)11-21-14/h8-10,12H,5-7,11H2,1-4H3. The Morgan fingerprint density at radius 3 is 2.90 bits per heavy atom. The molecule has 2 heterocycles. The molecule has 1 atom stereocenters. The zero-order valence-corrected chi connectivity index (χ0v) is 13.3. The number of allylic oxidation sites excluding steroid dienone is 1. The van der Waals surface area contributed by atoms with Crippen molar-refractivity contribution in [2.24, 2.45) is 10.9 Å². The van der Waals surface area contributed by atoms with Gasteiger partial charge in [0.1, 0.15) is 6.61 Å². The van der Waals surface area contributed by atoms with Gasteiger partial charge in [-0.1, -0.05) is 25.8 Å². The first-order valence-electron chi connectivity index (χ1n) is 7.46. The van der Waals surface area contributed by atoms with Crippen molar-refractivity contribution in [2.75, 3.05) is 13.7 Å². The summed E-state index contributed by atoms with van der Waals surface area (Å²) in [7, 11) is 1.37. The van der Waals surface area contributed by atoms with Gasteiger partial charge in [-0.05, 0) is 20.3 Å². The third kappa shape index (κ3) is 3.65. The highest BCUT2D eigenvalue weighted by Gasteiger charge is 2.32. The molecule has 5 heteroatoms. The molecular weight excluding hydrogens is 268 g/mol. The number of unbranched alkanes of at least 4 members (excludes halogenated alkanes) is 1. The SMILES string of the molecule is CCCCC1C=CN(C(=O)OC)C=C1C1=NC(C)(C)CO1. The third-order valence-corrected chi connectivity index (χ3v) is 3.62. The van der Waals surface area contributed by atoms with Crippen LogP contribution in [0.3, 0.4) is 0 Å². The minimum Gasteiger partial charge on any atom is -0.475 e. The number of hydrogen-bond donors (Lipinski definition) is 0. The molecule has 2 aliphatic rings. The quantitative estimate of drug-likeness (QED) is 0.797. The Hall–Kier alpha value is -1.78. The zero-order valence-electron chi connectivity index (χ0n) is 13.3. The van der Waals surface area contributed by atoms with Crippen LogP contribution >= 0.6 is 0 Å². The van der Waals surface area contributed by atoms with Crippen LogP contribution < -0.4 is 0 Å². The molecule has 21 heavy (non-hydrogen) atoms. The van der Waals surface area contributed by atoms with Gasteiger partial charge in [-0.15, -0.1) is 0 Å². The topological polar surface area (TPSA) is 51.1 Å². The van der Waals surface area contributed by atoms with Gasteiger partial charge < -0.3 is 9.47 Å². The van der Waals surface area contributed by atoms with Crippen molar-refractivity contribution in [3.05, 3.63) is 24.0 Å². The number of methoxy groups -OCH3 is 1. The maximum atomic E-state index is 11.7. The van der Waals surface area contributed by atoms with E-state index in [9.17, 15) is 4.79 Å².